The first kappa shape index (κ1) is 15.2. The van der Waals surface area contributed by atoms with Crippen molar-refractivity contribution < 1.29 is 4.43 Å². The maximum Gasteiger partial charge on any atom is 0.192 e. The van der Waals surface area contributed by atoms with Crippen LogP contribution in [0.25, 0.3) is 0 Å². The van der Waals surface area contributed by atoms with Crippen LogP contribution < -0.4 is 5.32 Å². The standard InChI is InChI=1S/C13H30N2OSi/c1-12-11-14-7-8-15(12)9-10-16-17(5,6)13(2,3)4/h12,14H,7-11H2,1-6H3. The van der Waals surface area contributed by atoms with Gasteiger partial charge in [-0.2, -0.15) is 0 Å². The summed E-state index contributed by atoms with van der Waals surface area (Å²) in [5.74, 6) is 0. The predicted molar refractivity (Wildman–Crippen MR) is 77.1 cm³/mol. The largest absolute Gasteiger partial charge is 0.416 e. The molecule has 0 spiro atoms. The van der Waals surface area contributed by atoms with E-state index in [0.29, 0.717) is 11.1 Å². The summed E-state index contributed by atoms with van der Waals surface area (Å²) in [5, 5.41) is 3.74. The Morgan fingerprint density at radius 1 is 1.35 bits per heavy atom. The summed E-state index contributed by atoms with van der Waals surface area (Å²) in [6.45, 7) is 19.2. The number of nitrogens with zero attached hydrogens (tertiary/aromatic N) is 1. The van der Waals surface area contributed by atoms with Crippen molar-refractivity contribution in [2.24, 2.45) is 0 Å². The van der Waals surface area contributed by atoms with Gasteiger partial charge in [0.2, 0.25) is 0 Å². The first-order valence-electron chi connectivity index (χ1n) is 6.83. The second-order valence-corrected chi connectivity index (χ2v) is 11.5. The molecule has 1 aliphatic rings. The summed E-state index contributed by atoms with van der Waals surface area (Å²) in [6.07, 6.45) is 0. The van der Waals surface area contributed by atoms with Gasteiger partial charge in [-0.15, -0.1) is 0 Å². The average molecular weight is 258 g/mol. The molecule has 0 aromatic heterocycles. The van der Waals surface area contributed by atoms with E-state index < -0.39 is 8.32 Å². The number of hydrogen-bond donors (Lipinski definition) is 1. The molecule has 1 fully saturated rings. The fourth-order valence-electron chi connectivity index (χ4n) is 1.85. The summed E-state index contributed by atoms with van der Waals surface area (Å²) in [5.41, 5.74) is 0. The summed E-state index contributed by atoms with van der Waals surface area (Å²) in [6, 6.07) is 0.645. The summed E-state index contributed by atoms with van der Waals surface area (Å²) in [7, 11) is -1.55. The van der Waals surface area contributed by atoms with Crippen LogP contribution in [0.1, 0.15) is 27.7 Å². The first-order chi connectivity index (χ1) is 7.74. The van der Waals surface area contributed by atoms with Gasteiger partial charge in [0, 0.05) is 38.8 Å². The Labute approximate surface area is 108 Å². The van der Waals surface area contributed by atoms with Crippen LogP contribution in [-0.4, -0.2) is 52.0 Å². The van der Waals surface area contributed by atoms with E-state index in [0.717, 1.165) is 32.8 Å². The first-order valence-corrected chi connectivity index (χ1v) is 9.73. The molecule has 3 nitrogen and oxygen atoms in total. The maximum absolute atomic E-state index is 6.22. The predicted octanol–water partition coefficient (Wildman–Crippen LogP) is 2.30. The summed E-state index contributed by atoms with van der Waals surface area (Å²) < 4.78 is 6.22. The van der Waals surface area contributed by atoms with E-state index in [1.807, 2.05) is 0 Å². The highest BCUT2D eigenvalue weighted by Gasteiger charge is 2.37. The molecule has 0 aliphatic carbocycles. The molecule has 0 bridgehead atoms. The topological polar surface area (TPSA) is 24.5 Å². The van der Waals surface area contributed by atoms with Crippen LogP contribution in [-0.2, 0) is 4.43 Å². The van der Waals surface area contributed by atoms with Crippen molar-refractivity contribution in [3.05, 3.63) is 0 Å². The Morgan fingerprint density at radius 2 is 2.00 bits per heavy atom. The Kier molecular flexibility index (Phi) is 5.19. The Hall–Kier alpha value is 0.0969. The van der Waals surface area contributed by atoms with Crippen LogP contribution in [0.2, 0.25) is 18.1 Å². The lowest BCUT2D eigenvalue weighted by Crippen LogP contribution is -2.51. The molecule has 1 N–H and O–H groups in total. The molecule has 0 radical (unpaired) electrons. The number of rotatable bonds is 4. The fraction of sp³-hybridized carbons (Fsp3) is 1.00. The molecule has 1 atom stereocenters. The second kappa shape index (κ2) is 5.82. The van der Waals surface area contributed by atoms with Gasteiger partial charge in [-0.3, -0.25) is 4.90 Å². The lowest BCUT2D eigenvalue weighted by Gasteiger charge is -2.38. The smallest absolute Gasteiger partial charge is 0.192 e. The van der Waals surface area contributed by atoms with Crippen molar-refractivity contribution >= 4 is 8.32 Å². The number of hydrogen-bond acceptors (Lipinski definition) is 3. The number of nitrogens with one attached hydrogen (secondary N) is 1. The SMILES string of the molecule is CC1CNCCN1CCO[Si](C)(C)C(C)(C)C. The van der Waals surface area contributed by atoms with Crippen molar-refractivity contribution in [3.63, 3.8) is 0 Å². The number of piperazine rings is 1. The molecule has 4 heteroatoms. The van der Waals surface area contributed by atoms with Crippen molar-refractivity contribution in [2.45, 2.75) is 51.9 Å². The van der Waals surface area contributed by atoms with Gasteiger partial charge in [0.05, 0.1) is 0 Å². The van der Waals surface area contributed by atoms with Gasteiger partial charge in [0.15, 0.2) is 8.32 Å². The minimum absolute atomic E-state index is 0.321. The molecule has 0 amide bonds. The minimum Gasteiger partial charge on any atom is -0.416 e. The molecular weight excluding hydrogens is 228 g/mol. The zero-order valence-corrected chi connectivity index (χ0v) is 13.5. The Morgan fingerprint density at radius 3 is 2.53 bits per heavy atom. The molecule has 1 saturated heterocycles. The minimum atomic E-state index is -1.55. The maximum atomic E-state index is 6.22. The lowest BCUT2D eigenvalue weighted by molar-refractivity contribution is 0.138. The van der Waals surface area contributed by atoms with Crippen molar-refractivity contribution in [1.29, 1.82) is 0 Å². The van der Waals surface area contributed by atoms with Crippen molar-refractivity contribution in [2.75, 3.05) is 32.8 Å². The van der Waals surface area contributed by atoms with Gasteiger partial charge in [-0.05, 0) is 25.1 Å². The van der Waals surface area contributed by atoms with Crippen molar-refractivity contribution in [3.8, 4) is 0 Å². The van der Waals surface area contributed by atoms with E-state index in [1.54, 1.807) is 0 Å². The summed E-state index contributed by atoms with van der Waals surface area (Å²) >= 11 is 0. The van der Waals surface area contributed by atoms with Gasteiger partial charge in [0.25, 0.3) is 0 Å². The van der Waals surface area contributed by atoms with Crippen LogP contribution in [0.15, 0.2) is 0 Å². The molecule has 1 aliphatic heterocycles. The van der Waals surface area contributed by atoms with E-state index in [9.17, 15) is 0 Å². The molecular formula is C13H30N2OSi. The van der Waals surface area contributed by atoms with E-state index >= 15 is 0 Å². The zero-order valence-electron chi connectivity index (χ0n) is 12.5. The Bertz CT molecular complexity index is 238. The van der Waals surface area contributed by atoms with Gasteiger partial charge >= 0.3 is 0 Å². The van der Waals surface area contributed by atoms with Gasteiger partial charge < -0.3 is 9.74 Å². The highest BCUT2D eigenvalue weighted by molar-refractivity contribution is 6.74. The Balaban J connectivity index is 2.32. The van der Waals surface area contributed by atoms with Crippen molar-refractivity contribution in [1.82, 2.24) is 10.2 Å². The van der Waals surface area contributed by atoms with Crippen LogP contribution in [0.5, 0.6) is 0 Å². The van der Waals surface area contributed by atoms with Crippen LogP contribution in [0, 0.1) is 0 Å². The average Bonchev–Trinajstić information content (AvgIpc) is 2.19. The van der Waals surface area contributed by atoms with E-state index in [-0.39, 0.29) is 0 Å². The van der Waals surface area contributed by atoms with E-state index in [4.69, 9.17) is 4.43 Å². The third kappa shape index (κ3) is 4.36. The van der Waals surface area contributed by atoms with Crippen LogP contribution >= 0.6 is 0 Å². The van der Waals surface area contributed by atoms with E-state index in [1.165, 1.54) is 0 Å². The molecule has 1 rings (SSSR count). The molecule has 17 heavy (non-hydrogen) atoms. The highest BCUT2D eigenvalue weighted by Crippen LogP contribution is 2.36. The van der Waals surface area contributed by atoms with E-state index in [2.05, 4.69) is 51.0 Å². The van der Waals surface area contributed by atoms with Crippen LogP contribution in [0.3, 0.4) is 0 Å². The van der Waals surface area contributed by atoms with Crippen LogP contribution in [0.4, 0.5) is 0 Å². The lowest BCUT2D eigenvalue weighted by atomic mass is 10.2. The molecule has 0 aromatic rings. The van der Waals surface area contributed by atoms with Gasteiger partial charge in [-0.25, -0.2) is 0 Å². The molecule has 102 valence electrons. The van der Waals surface area contributed by atoms with Gasteiger partial charge in [-0.1, -0.05) is 20.8 Å². The normalized spacial score (nSPS) is 24.0. The third-order valence-electron chi connectivity index (χ3n) is 4.29. The highest BCUT2D eigenvalue weighted by atomic mass is 28.4. The monoisotopic (exact) mass is 258 g/mol. The molecule has 0 aromatic carbocycles. The molecule has 1 unspecified atom stereocenters. The van der Waals surface area contributed by atoms with Gasteiger partial charge in [0.1, 0.15) is 0 Å². The molecule has 1 heterocycles. The third-order valence-corrected chi connectivity index (χ3v) is 8.82. The summed E-state index contributed by atoms with van der Waals surface area (Å²) in [4.78, 5) is 2.53. The fourth-order valence-corrected chi connectivity index (χ4v) is 2.88. The molecule has 0 saturated carbocycles. The second-order valence-electron chi connectivity index (χ2n) is 6.70. The zero-order chi connectivity index (χ0) is 13.1. The quantitative estimate of drug-likeness (QED) is 0.783.